The van der Waals surface area contributed by atoms with Gasteiger partial charge in [0.25, 0.3) is 0 Å². The second kappa shape index (κ2) is 16.7. The highest BCUT2D eigenvalue weighted by atomic mass is 16.3. The molecule has 0 unspecified atom stereocenters. The zero-order valence-corrected chi connectivity index (χ0v) is 37.8. The minimum Gasteiger partial charge on any atom is -0.456 e. The second-order valence-electron chi connectivity index (χ2n) is 18.0. The monoisotopic (exact) mass is 879 g/mol. The van der Waals surface area contributed by atoms with Crippen molar-refractivity contribution >= 4 is 39.0 Å². The molecule has 11 aromatic carbocycles. The molecule has 0 bridgehead atoms. The fraction of sp³-hybridized carbons (Fsp3) is 0.0149. The maximum atomic E-state index is 6.18. The van der Waals surface area contributed by atoms with Gasteiger partial charge in [0.15, 0.2) is 0 Å². The normalized spacial score (nSPS) is 12.5. The molecule has 0 saturated heterocycles. The van der Waals surface area contributed by atoms with Gasteiger partial charge in [-0.2, -0.15) is 0 Å². The minimum atomic E-state index is -0.477. The molecule has 0 amide bonds. The summed E-state index contributed by atoms with van der Waals surface area (Å²) < 4.78 is 6.18. The van der Waals surface area contributed by atoms with Crippen LogP contribution in [0.25, 0.3) is 77.6 Å². The number of fused-ring (bicyclic) bond motifs is 6. The lowest BCUT2D eigenvalue weighted by atomic mass is 9.68. The summed E-state index contributed by atoms with van der Waals surface area (Å²) in [5.74, 6) is 0. The van der Waals surface area contributed by atoms with Crippen LogP contribution in [0.3, 0.4) is 0 Å². The highest BCUT2D eigenvalue weighted by Crippen LogP contribution is 2.56. The molecule has 0 fully saturated rings. The van der Waals surface area contributed by atoms with E-state index in [1.165, 1.54) is 61.2 Å². The van der Waals surface area contributed by atoms with Gasteiger partial charge in [0.05, 0.1) is 5.41 Å². The van der Waals surface area contributed by atoms with Crippen LogP contribution in [0.5, 0.6) is 0 Å². The third-order valence-electron chi connectivity index (χ3n) is 14.2. The van der Waals surface area contributed by atoms with Crippen molar-refractivity contribution < 1.29 is 4.42 Å². The Bertz CT molecular complexity index is 3690. The number of nitrogens with zero attached hydrogens (tertiary/aromatic N) is 1. The number of para-hydroxylation sites is 1. The van der Waals surface area contributed by atoms with Crippen LogP contribution in [-0.4, -0.2) is 0 Å². The summed E-state index contributed by atoms with van der Waals surface area (Å²) >= 11 is 0. The highest BCUT2D eigenvalue weighted by Gasteiger charge is 2.45. The molecule has 324 valence electrons. The average Bonchev–Trinajstić information content (AvgIpc) is 3.96. The first kappa shape index (κ1) is 40.3. The Labute approximate surface area is 402 Å². The van der Waals surface area contributed by atoms with Gasteiger partial charge in [0, 0.05) is 27.8 Å². The molecular weight excluding hydrogens is 835 g/mol. The van der Waals surface area contributed by atoms with Gasteiger partial charge in [-0.3, -0.25) is 0 Å². The Balaban J connectivity index is 0.931. The molecule has 1 heterocycles. The molecule has 1 aromatic heterocycles. The Hall–Kier alpha value is -8.98. The quantitative estimate of drug-likeness (QED) is 0.144. The molecule has 2 nitrogen and oxygen atoms in total. The van der Waals surface area contributed by atoms with E-state index in [4.69, 9.17) is 4.42 Å². The molecule has 69 heavy (non-hydrogen) atoms. The molecule has 0 aliphatic heterocycles. The molecule has 13 rings (SSSR count). The zero-order valence-electron chi connectivity index (χ0n) is 37.8. The summed E-state index contributed by atoms with van der Waals surface area (Å²) in [6.07, 6.45) is 0. The van der Waals surface area contributed by atoms with Crippen molar-refractivity contribution in [2.24, 2.45) is 0 Å². The van der Waals surface area contributed by atoms with Crippen LogP contribution in [0, 0.1) is 0 Å². The highest BCUT2D eigenvalue weighted by molar-refractivity contribution is 6.06. The van der Waals surface area contributed by atoms with Gasteiger partial charge in [-0.05, 0) is 151 Å². The number of furan rings is 1. The van der Waals surface area contributed by atoms with Gasteiger partial charge in [0.2, 0.25) is 0 Å². The Morgan fingerprint density at radius 3 is 1.20 bits per heavy atom. The van der Waals surface area contributed by atoms with Crippen molar-refractivity contribution in [3.05, 3.63) is 295 Å². The van der Waals surface area contributed by atoms with Crippen molar-refractivity contribution in [3.8, 4) is 55.6 Å². The molecule has 1 aliphatic rings. The first-order chi connectivity index (χ1) is 34.2. The fourth-order valence-electron chi connectivity index (χ4n) is 10.9. The SMILES string of the molecule is c1ccc(-c2cc(-c3ccccc3)cc(-c3ccc(N(c4ccc(-c5ccc6oc7ccccc7c6c5)cc4)c4ccc(C5(c6ccccc6)c6ccccc6-c6ccccc65)cc4)cc3)c2)cc1. The molecule has 12 aromatic rings. The van der Waals surface area contributed by atoms with Gasteiger partial charge in [-0.15, -0.1) is 0 Å². The third kappa shape index (κ3) is 6.88. The summed E-state index contributed by atoms with van der Waals surface area (Å²) in [6.45, 7) is 0. The molecule has 0 spiro atoms. The van der Waals surface area contributed by atoms with E-state index < -0.39 is 5.41 Å². The standard InChI is InChI=1S/C67H45NO/c1-4-16-46(17-5-1)51-42-52(47-18-6-2-7-19-47)44-53(43-51)49-30-37-57(38-31-49)68(56-35-28-48(29-36-56)50-32-41-66-62(45-50)61-24-12-15-27-65(61)69-66)58-39-33-55(34-40-58)67(54-20-8-3-9-21-54)63-25-13-10-22-59(63)60-23-11-14-26-64(60)67/h1-45H. The van der Waals surface area contributed by atoms with Crippen LogP contribution in [0.1, 0.15) is 22.3 Å². The lowest BCUT2D eigenvalue weighted by Crippen LogP contribution is -2.28. The van der Waals surface area contributed by atoms with E-state index in [0.29, 0.717) is 0 Å². The lowest BCUT2D eigenvalue weighted by molar-refractivity contribution is 0.669. The van der Waals surface area contributed by atoms with Crippen LogP contribution in [0.2, 0.25) is 0 Å². The van der Waals surface area contributed by atoms with E-state index in [2.05, 4.69) is 266 Å². The molecule has 0 saturated carbocycles. The Kier molecular flexibility index (Phi) is 9.77. The van der Waals surface area contributed by atoms with Crippen LogP contribution >= 0.6 is 0 Å². The molecular formula is C67H45NO. The number of anilines is 3. The van der Waals surface area contributed by atoms with E-state index in [1.54, 1.807) is 0 Å². The third-order valence-corrected chi connectivity index (χ3v) is 14.2. The van der Waals surface area contributed by atoms with E-state index in [9.17, 15) is 0 Å². The summed E-state index contributed by atoms with van der Waals surface area (Å²) in [6, 6.07) is 99.3. The molecule has 2 heteroatoms. The summed E-state index contributed by atoms with van der Waals surface area (Å²) in [4.78, 5) is 2.38. The van der Waals surface area contributed by atoms with Crippen LogP contribution < -0.4 is 4.90 Å². The average molecular weight is 880 g/mol. The summed E-state index contributed by atoms with van der Waals surface area (Å²) in [5.41, 5.74) is 21.6. The topological polar surface area (TPSA) is 16.4 Å². The largest absolute Gasteiger partial charge is 0.456 e. The zero-order chi connectivity index (χ0) is 45.7. The lowest BCUT2D eigenvalue weighted by Gasteiger charge is -2.34. The summed E-state index contributed by atoms with van der Waals surface area (Å²) in [5, 5.41) is 2.26. The van der Waals surface area contributed by atoms with Crippen LogP contribution in [0.4, 0.5) is 17.1 Å². The van der Waals surface area contributed by atoms with Gasteiger partial charge in [-0.1, -0.05) is 200 Å². The Morgan fingerprint density at radius 1 is 0.261 bits per heavy atom. The smallest absolute Gasteiger partial charge is 0.135 e. The number of hydrogen-bond donors (Lipinski definition) is 0. The van der Waals surface area contributed by atoms with Crippen LogP contribution in [-0.2, 0) is 5.41 Å². The van der Waals surface area contributed by atoms with E-state index in [-0.39, 0.29) is 0 Å². The van der Waals surface area contributed by atoms with Crippen molar-refractivity contribution in [3.63, 3.8) is 0 Å². The maximum Gasteiger partial charge on any atom is 0.135 e. The molecule has 0 radical (unpaired) electrons. The number of benzene rings is 11. The number of hydrogen-bond acceptors (Lipinski definition) is 2. The predicted octanol–water partition coefficient (Wildman–Crippen LogP) is 18.1. The second-order valence-corrected chi connectivity index (χ2v) is 18.0. The first-order valence-electron chi connectivity index (χ1n) is 23.7. The molecule has 0 atom stereocenters. The Morgan fingerprint density at radius 2 is 0.652 bits per heavy atom. The van der Waals surface area contributed by atoms with E-state index in [1.807, 2.05) is 12.1 Å². The van der Waals surface area contributed by atoms with Gasteiger partial charge in [0.1, 0.15) is 11.2 Å². The van der Waals surface area contributed by atoms with Gasteiger partial charge in [-0.25, -0.2) is 0 Å². The van der Waals surface area contributed by atoms with Crippen molar-refractivity contribution in [1.82, 2.24) is 0 Å². The van der Waals surface area contributed by atoms with Gasteiger partial charge < -0.3 is 9.32 Å². The van der Waals surface area contributed by atoms with Crippen molar-refractivity contribution in [2.75, 3.05) is 4.90 Å². The van der Waals surface area contributed by atoms with Crippen LogP contribution in [0.15, 0.2) is 277 Å². The van der Waals surface area contributed by atoms with E-state index in [0.717, 1.165) is 55.7 Å². The summed E-state index contributed by atoms with van der Waals surface area (Å²) in [7, 11) is 0. The molecule has 1 aliphatic carbocycles. The maximum absolute atomic E-state index is 6.18. The van der Waals surface area contributed by atoms with Crippen molar-refractivity contribution in [1.29, 1.82) is 0 Å². The molecule has 0 N–H and O–H groups in total. The fourth-order valence-corrected chi connectivity index (χ4v) is 10.9. The first-order valence-corrected chi connectivity index (χ1v) is 23.7. The van der Waals surface area contributed by atoms with Gasteiger partial charge >= 0.3 is 0 Å². The minimum absolute atomic E-state index is 0.477. The number of rotatable bonds is 9. The van der Waals surface area contributed by atoms with E-state index >= 15 is 0 Å². The predicted molar refractivity (Wildman–Crippen MR) is 287 cm³/mol. The van der Waals surface area contributed by atoms with Crippen molar-refractivity contribution in [2.45, 2.75) is 5.41 Å².